The van der Waals surface area contributed by atoms with Gasteiger partial charge in [0.1, 0.15) is 0 Å². The predicted octanol–water partition coefficient (Wildman–Crippen LogP) is 3.48. The Balaban J connectivity index is 2.31. The van der Waals surface area contributed by atoms with E-state index in [1.165, 1.54) is 31.4 Å². The van der Waals surface area contributed by atoms with Crippen molar-refractivity contribution >= 4 is 44.8 Å². The van der Waals surface area contributed by atoms with E-state index in [1.807, 2.05) is 0 Å². The molecule has 0 atom stereocenters. The van der Waals surface area contributed by atoms with Crippen molar-refractivity contribution in [1.82, 2.24) is 5.32 Å². The van der Waals surface area contributed by atoms with Gasteiger partial charge in [0, 0.05) is 24.2 Å². The molecule has 2 rings (SSSR count). The Morgan fingerprint density at radius 2 is 1.88 bits per heavy atom. The van der Waals surface area contributed by atoms with E-state index in [4.69, 9.17) is 27.9 Å². The van der Waals surface area contributed by atoms with Crippen LogP contribution in [0, 0.1) is 6.92 Å². The number of amides is 1. The third-order valence-corrected chi connectivity index (χ3v) is 5.46. The van der Waals surface area contributed by atoms with Crippen LogP contribution in [-0.2, 0) is 14.8 Å². The highest BCUT2D eigenvalue weighted by Crippen LogP contribution is 2.28. The van der Waals surface area contributed by atoms with Crippen LogP contribution >= 0.6 is 23.2 Å². The van der Waals surface area contributed by atoms with Crippen LogP contribution in [0.1, 0.15) is 15.9 Å². The molecule has 0 bridgehead atoms. The molecule has 0 saturated heterocycles. The minimum absolute atomic E-state index is 0.0592. The summed E-state index contributed by atoms with van der Waals surface area (Å²) in [7, 11) is -2.42. The molecule has 0 heterocycles. The van der Waals surface area contributed by atoms with Crippen molar-refractivity contribution in [2.45, 2.75) is 11.8 Å². The molecule has 0 aliphatic carbocycles. The van der Waals surface area contributed by atoms with Gasteiger partial charge in [-0.3, -0.25) is 9.52 Å². The van der Waals surface area contributed by atoms with Gasteiger partial charge in [0.2, 0.25) is 0 Å². The van der Waals surface area contributed by atoms with Gasteiger partial charge in [-0.15, -0.1) is 0 Å². The number of hydrogen-bond acceptors (Lipinski definition) is 4. The molecule has 140 valence electrons. The van der Waals surface area contributed by atoms with Crippen LogP contribution in [0.25, 0.3) is 0 Å². The van der Waals surface area contributed by atoms with Crippen LogP contribution in [0.5, 0.6) is 0 Å². The van der Waals surface area contributed by atoms with Crippen LogP contribution in [0.15, 0.2) is 41.3 Å². The van der Waals surface area contributed by atoms with Gasteiger partial charge in [0.05, 0.1) is 22.2 Å². The van der Waals surface area contributed by atoms with Crippen molar-refractivity contribution in [3.05, 3.63) is 57.6 Å². The fourth-order valence-corrected chi connectivity index (χ4v) is 3.64. The first-order valence-electron chi connectivity index (χ1n) is 7.60. The van der Waals surface area contributed by atoms with Crippen LogP contribution in [-0.4, -0.2) is 34.6 Å². The topological polar surface area (TPSA) is 84.5 Å². The average molecular weight is 417 g/mol. The molecular weight excluding hydrogens is 399 g/mol. The maximum absolute atomic E-state index is 12.6. The molecule has 0 unspecified atom stereocenters. The second-order valence-corrected chi connectivity index (χ2v) is 7.98. The number of carbonyl (C=O) groups excluding carboxylic acids is 1. The summed E-state index contributed by atoms with van der Waals surface area (Å²) in [5.41, 5.74) is 1.08. The Kier molecular flexibility index (Phi) is 6.88. The maximum Gasteiger partial charge on any atom is 0.261 e. The van der Waals surface area contributed by atoms with Crippen LogP contribution in [0.2, 0.25) is 10.0 Å². The van der Waals surface area contributed by atoms with Gasteiger partial charge in [0.25, 0.3) is 15.9 Å². The van der Waals surface area contributed by atoms with Gasteiger partial charge in [-0.25, -0.2) is 8.42 Å². The quantitative estimate of drug-likeness (QED) is 0.676. The molecule has 0 aromatic heterocycles. The van der Waals surface area contributed by atoms with Crippen molar-refractivity contribution in [3.8, 4) is 0 Å². The number of rotatable bonds is 7. The molecule has 2 N–H and O–H groups in total. The molecule has 2 aromatic rings. The smallest absolute Gasteiger partial charge is 0.261 e. The molecule has 0 aliphatic rings. The standard InChI is InChI=1S/C17H18Cl2N2O4S/c1-11-3-5-13(10-14(11)17(22)20-7-8-25-2)26(23,24)21-16-9-12(18)4-6-15(16)19/h3-6,9-10,21H,7-8H2,1-2H3,(H,20,22). The summed E-state index contributed by atoms with van der Waals surface area (Å²) in [5, 5.41) is 3.22. The number of methoxy groups -OCH3 is 1. The molecular formula is C17H18Cl2N2O4S. The molecule has 2 aromatic carbocycles. The van der Waals surface area contributed by atoms with Crippen molar-refractivity contribution in [3.63, 3.8) is 0 Å². The number of nitrogens with one attached hydrogen (secondary N) is 2. The van der Waals surface area contributed by atoms with Crippen molar-refractivity contribution in [1.29, 1.82) is 0 Å². The molecule has 0 radical (unpaired) electrons. The van der Waals surface area contributed by atoms with Gasteiger partial charge in [-0.2, -0.15) is 0 Å². The summed E-state index contributed by atoms with van der Waals surface area (Å²) in [4.78, 5) is 12.2. The van der Waals surface area contributed by atoms with E-state index in [0.29, 0.717) is 23.7 Å². The van der Waals surface area contributed by atoms with E-state index in [0.717, 1.165) is 0 Å². The van der Waals surface area contributed by atoms with Gasteiger partial charge < -0.3 is 10.1 Å². The van der Waals surface area contributed by atoms with E-state index in [-0.39, 0.29) is 27.1 Å². The summed E-state index contributed by atoms with van der Waals surface area (Å²) in [5.74, 6) is -0.377. The summed E-state index contributed by atoms with van der Waals surface area (Å²) >= 11 is 11.9. The highest BCUT2D eigenvalue weighted by molar-refractivity contribution is 7.92. The van der Waals surface area contributed by atoms with Gasteiger partial charge in [0.15, 0.2) is 0 Å². The number of hydrogen-bond donors (Lipinski definition) is 2. The van der Waals surface area contributed by atoms with Crippen LogP contribution < -0.4 is 10.0 Å². The van der Waals surface area contributed by atoms with Crippen molar-refractivity contribution in [2.24, 2.45) is 0 Å². The number of anilines is 1. The first kappa shape index (κ1) is 20.5. The third kappa shape index (κ3) is 5.11. The first-order valence-corrected chi connectivity index (χ1v) is 9.84. The first-order chi connectivity index (χ1) is 12.2. The van der Waals surface area contributed by atoms with E-state index in [1.54, 1.807) is 19.1 Å². The normalized spacial score (nSPS) is 11.2. The minimum Gasteiger partial charge on any atom is -0.383 e. The number of halogens is 2. The van der Waals surface area contributed by atoms with E-state index in [2.05, 4.69) is 10.0 Å². The summed E-state index contributed by atoms with van der Waals surface area (Å²) in [6.45, 7) is 2.41. The highest BCUT2D eigenvalue weighted by atomic mass is 35.5. The summed E-state index contributed by atoms with van der Waals surface area (Å²) in [6.07, 6.45) is 0. The number of sulfonamides is 1. The van der Waals surface area contributed by atoms with E-state index < -0.39 is 10.0 Å². The second kappa shape index (κ2) is 8.73. The van der Waals surface area contributed by atoms with Crippen LogP contribution in [0.3, 0.4) is 0 Å². The number of benzene rings is 2. The number of carbonyl (C=O) groups is 1. The molecule has 0 fully saturated rings. The fourth-order valence-electron chi connectivity index (χ4n) is 2.15. The maximum atomic E-state index is 12.6. The van der Waals surface area contributed by atoms with Crippen molar-refractivity contribution in [2.75, 3.05) is 25.0 Å². The minimum atomic E-state index is -3.95. The lowest BCUT2D eigenvalue weighted by atomic mass is 10.1. The molecule has 6 nitrogen and oxygen atoms in total. The molecule has 0 aliphatic heterocycles. The number of ether oxygens (including phenoxy) is 1. The lowest BCUT2D eigenvalue weighted by Gasteiger charge is -2.12. The summed E-state index contributed by atoms with van der Waals surface area (Å²) in [6, 6.07) is 8.76. The van der Waals surface area contributed by atoms with E-state index >= 15 is 0 Å². The van der Waals surface area contributed by atoms with Gasteiger partial charge in [-0.1, -0.05) is 29.3 Å². The Hall–Kier alpha value is -1.80. The van der Waals surface area contributed by atoms with Crippen LogP contribution in [0.4, 0.5) is 5.69 Å². The highest BCUT2D eigenvalue weighted by Gasteiger charge is 2.19. The Morgan fingerprint density at radius 3 is 2.58 bits per heavy atom. The molecule has 26 heavy (non-hydrogen) atoms. The lowest BCUT2D eigenvalue weighted by Crippen LogP contribution is -2.28. The fraction of sp³-hybridized carbons (Fsp3) is 0.235. The van der Waals surface area contributed by atoms with Gasteiger partial charge in [-0.05, 0) is 42.8 Å². The molecule has 0 spiro atoms. The third-order valence-electron chi connectivity index (χ3n) is 3.53. The SMILES string of the molecule is COCCNC(=O)c1cc(S(=O)(=O)Nc2cc(Cl)ccc2Cl)ccc1C. The zero-order chi connectivity index (χ0) is 19.3. The zero-order valence-electron chi connectivity index (χ0n) is 14.2. The Labute approximate surface area is 162 Å². The molecule has 0 saturated carbocycles. The average Bonchev–Trinajstić information content (AvgIpc) is 2.58. The monoisotopic (exact) mass is 416 g/mol. The Morgan fingerprint density at radius 1 is 1.15 bits per heavy atom. The van der Waals surface area contributed by atoms with Crippen molar-refractivity contribution < 1.29 is 17.9 Å². The molecule has 9 heteroatoms. The largest absolute Gasteiger partial charge is 0.383 e. The van der Waals surface area contributed by atoms with Gasteiger partial charge >= 0.3 is 0 Å². The van der Waals surface area contributed by atoms with E-state index in [9.17, 15) is 13.2 Å². The lowest BCUT2D eigenvalue weighted by molar-refractivity contribution is 0.0936. The molecule has 1 amide bonds. The number of aryl methyl sites for hydroxylation is 1. The summed E-state index contributed by atoms with van der Waals surface area (Å²) < 4.78 is 32.6. The second-order valence-electron chi connectivity index (χ2n) is 5.46. The predicted molar refractivity (Wildman–Crippen MR) is 103 cm³/mol. The zero-order valence-corrected chi connectivity index (χ0v) is 16.5. The Bertz CT molecular complexity index is 917.